The molecule has 1 aliphatic heterocycles. The van der Waals surface area contributed by atoms with Crippen LogP contribution in [0.15, 0.2) is 48.0 Å². The Hall–Kier alpha value is -2.84. The lowest BCUT2D eigenvalue weighted by Crippen LogP contribution is -2.35. The molecule has 2 aromatic carbocycles. The highest BCUT2D eigenvalue weighted by atomic mass is 19.1. The summed E-state index contributed by atoms with van der Waals surface area (Å²) in [6.45, 7) is 7.25. The first-order valence-electron chi connectivity index (χ1n) is 11.7. The predicted octanol–water partition coefficient (Wildman–Crippen LogP) is 6.22. The number of halogens is 1. The standard InChI is InChI=1S/C28H35FN2O2/c1-21(2)28(20-30,24-8-11-26(32-3)27(19-24)33-4)14-5-15-31-16-12-23(13-17-31)18-22-6-9-25(29)10-7-22/h6-11,18-19,21H,5,12-17H2,1-4H3. The van der Waals surface area contributed by atoms with Crippen LogP contribution in [0.5, 0.6) is 11.5 Å². The Morgan fingerprint density at radius 2 is 1.73 bits per heavy atom. The van der Waals surface area contributed by atoms with Gasteiger partial charge in [-0.05, 0) is 73.5 Å². The average Bonchev–Trinajstić information content (AvgIpc) is 2.84. The van der Waals surface area contributed by atoms with Crippen molar-refractivity contribution < 1.29 is 13.9 Å². The minimum atomic E-state index is -0.566. The summed E-state index contributed by atoms with van der Waals surface area (Å²) in [5, 5.41) is 10.3. The lowest BCUT2D eigenvalue weighted by molar-refractivity contribution is 0.238. The van der Waals surface area contributed by atoms with Crippen molar-refractivity contribution >= 4 is 6.08 Å². The van der Waals surface area contributed by atoms with E-state index in [9.17, 15) is 9.65 Å². The molecule has 33 heavy (non-hydrogen) atoms. The van der Waals surface area contributed by atoms with Gasteiger partial charge in [0, 0.05) is 13.1 Å². The lowest BCUT2D eigenvalue weighted by atomic mass is 9.69. The number of hydrogen-bond donors (Lipinski definition) is 0. The largest absolute Gasteiger partial charge is 0.493 e. The van der Waals surface area contributed by atoms with Crippen LogP contribution in [-0.2, 0) is 5.41 Å². The van der Waals surface area contributed by atoms with Crippen molar-refractivity contribution in [1.82, 2.24) is 4.90 Å². The van der Waals surface area contributed by atoms with Crippen molar-refractivity contribution in [2.24, 2.45) is 5.92 Å². The van der Waals surface area contributed by atoms with Crippen molar-refractivity contribution in [2.45, 2.75) is 44.9 Å². The topological polar surface area (TPSA) is 45.5 Å². The third-order valence-electron chi connectivity index (χ3n) is 6.87. The summed E-state index contributed by atoms with van der Waals surface area (Å²) in [5.74, 6) is 1.31. The molecular weight excluding hydrogens is 415 g/mol. The Balaban J connectivity index is 1.60. The maximum absolute atomic E-state index is 13.1. The minimum absolute atomic E-state index is 0.173. The molecule has 1 fully saturated rings. The van der Waals surface area contributed by atoms with Gasteiger partial charge in [0.1, 0.15) is 5.82 Å². The summed E-state index contributed by atoms with van der Waals surface area (Å²) in [5.41, 5.74) is 2.89. The zero-order valence-electron chi connectivity index (χ0n) is 20.2. The van der Waals surface area contributed by atoms with Gasteiger partial charge in [0.25, 0.3) is 0 Å². The Labute approximate surface area is 197 Å². The fourth-order valence-electron chi connectivity index (χ4n) is 4.71. The third-order valence-corrected chi connectivity index (χ3v) is 6.87. The van der Waals surface area contributed by atoms with Crippen LogP contribution >= 0.6 is 0 Å². The molecule has 0 radical (unpaired) electrons. The molecule has 1 aliphatic rings. The van der Waals surface area contributed by atoms with Gasteiger partial charge in [0.05, 0.1) is 25.7 Å². The first-order valence-corrected chi connectivity index (χ1v) is 11.7. The molecule has 1 saturated heterocycles. The number of nitrogens with zero attached hydrogens (tertiary/aromatic N) is 2. The van der Waals surface area contributed by atoms with Gasteiger partial charge in [-0.1, -0.05) is 43.7 Å². The van der Waals surface area contributed by atoms with Crippen LogP contribution in [0, 0.1) is 23.1 Å². The third kappa shape index (κ3) is 5.94. The SMILES string of the molecule is COc1ccc(C(C#N)(CCCN2CCC(=Cc3ccc(F)cc3)CC2)C(C)C)cc1OC. The van der Waals surface area contributed by atoms with E-state index < -0.39 is 5.41 Å². The second-order valence-corrected chi connectivity index (χ2v) is 9.11. The normalized spacial score (nSPS) is 16.2. The van der Waals surface area contributed by atoms with Gasteiger partial charge in [-0.3, -0.25) is 0 Å². The molecule has 0 spiro atoms. The van der Waals surface area contributed by atoms with E-state index in [1.54, 1.807) is 14.2 Å². The second kappa shape index (κ2) is 11.3. The van der Waals surface area contributed by atoms with E-state index in [-0.39, 0.29) is 11.7 Å². The van der Waals surface area contributed by atoms with Gasteiger partial charge < -0.3 is 14.4 Å². The zero-order valence-corrected chi connectivity index (χ0v) is 20.2. The molecule has 0 amide bonds. The van der Waals surface area contributed by atoms with Gasteiger partial charge >= 0.3 is 0 Å². The molecule has 4 nitrogen and oxygen atoms in total. The number of rotatable bonds is 9. The van der Waals surface area contributed by atoms with Gasteiger partial charge in [-0.25, -0.2) is 4.39 Å². The van der Waals surface area contributed by atoms with Crippen LogP contribution in [0.3, 0.4) is 0 Å². The van der Waals surface area contributed by atoms with E-state index in [1.165, 1.54) is 17.7 Å². The average molecular weight is 451 g/mol. The number of benzene rings is 2. The maximum Gasteiger partial charge on any atom is 0.161 e. The first-order chi connectivity index (χ1) is 15.9. The number of nitriles is 1. The Kier molecular flexibility index (Phi) is 8.52. The molecule has 1 atom stereocenters. The highest BCUT2D eigenvalue weighted by Gasteiger charge is 2.36. The zero-order chi connectivity index (χ0) is 23.8. The van der Waals surface area contributed by atoms with E-state index in [0.29, 0.717) is 11.5 Å². The van der Waals surface area contributed by atoms with Gasteiger partial charge in [0.15, 0.2) is 11.5 Å². The number of ether oxygens (including phenoxy) is 2. The van der Waals surface area contributed by atoms with Crippen LogP contribution in [0.1, 0.15) is 50.7 Å². The summed E-state index contributed by atoms with van der Waals surface area (Å²) in [6.07, 6.45) is 6.00. The fraction of sp³-hybridized carbons (Fsp3) is 0.464. The second-order valence-electron chi connectivity index (χ2n) is 9.11. The Bertz CT molecular complexity index is 984. The number of likely N-dealkylation sites (tertiary alicyclic amines) is 1. The van der Waals surface area contributed by atoms with Crippen molar-refractivity contribution in [2.75, 3.05) is 33.9 Å². The summed E-state index contributed by atoms with van der Waals surface area (Å²) in [7, 11) is 3.25. The molecular formula is C28H35FN2O2. The smallest absolute Gasteiger partial charge is 0.161 e. The highest BCUT2D eigenvalue weighted by Crippen LogP contribution is 2.40. The van der Waals surface area contributed by atoms with E-state index >= 15 is 0 Å². The molecule has 0 saturated carbocycles. The molecule has 176 valence electrons. The molecule has 0 aliphatic carbocycles. The molecule has 2 aromatic rings. The molecule has 3 rings (SSSR count). The minimum Gasteiger partial charge on any atom is -0.493 e. The van der Waals surface area contributed by atoms with Crippen LogP contribution < -0.4 is 9.47 Å². The molecule has 1 heterocycles. The quantitative estimate of drug-likeness (QED) is 0.455. The van der Waals surface area contributed by atoms with E-state index in [0.717, 1.165) is 56.4 Å². The Morgan fingerprint density at radius 1 is 1.06 bits per heavy atom. The summed E-state index contributed by atoms with van der Waals surface area (Å²) in [4.78, 5) is 2.49. The van der Waals surface area contributed by atoms with Crippen molar-refractivity contribution in [1.29, 1.82) is 5.26 Å². The predicted molar refractivity (Wildman–Crippen MR) is 131 cm³/mol. The van der Waals surface area contributed by atoms with Crippen LogP contribution in [0.2, 0.25) is 0 Å². The van der Waals surface area contributed by atoms with E-state index in [1.807, 2.05) is 30.3 Å². The maximum atomic E-state index is 13.1. The van der Waals surface area contributed by atoms with Gasteiger partial charge in [-0.2, -0.15) is 5.26 Å². The molecule has 0 aromatic heterocycles. The number of piperidine rings is 1. The lowest BCUT2D eigenvalue weighted by Gasteiger charge is -2.34. The van der Waals surface area contributed by atoms with Gasteiger partial charge in [0.2, 0.25) is 0 Å². The molecule has 0 N–H and O–H groups in total. The van der Waals surface area contributed by atoms with Crippen LogP contribution in [0.25, 0.3) is 6.08 Å². The van der Waals surface area contributed by atoms with Gasteiger partial charge in [-0.15, -0.1) is 0 Å². The van der Waals surface area contributed by atoms with E-state index in [4.69, 9.17) is 9.47 Å². The van der Waals surface area contributed by atoms with Crippen molar-refractivity contribution in [3.05, 3.63) is 65.0 Å². The highest BCUT2D eigenvalue weighted by molar-refractivity contribution is 5.53. The Morgan fingerprint density at radius 3 is 2.30 bits per heavy atom. The summed E-state index contributed by atoms with van der Waals surface area (Å²) >= 11 is 0. The molecule has 0 bridgehead atoms. The fourth-order valence-corrected chi connectivity index (χ4v) is 4.71. The summed E-state index contributed by atoms with van der Waals surface area (Å²) in [6, 6.07) is 15.2. The summed E-state index contributed by atoms with van der Waals surface area (Å²) < 4.78 is 24.0. The van der Waals surface area contributed by atoms with E-state index in [2.05, 4.69) is 30.9 Å². The number of hydrogen-bond acceptors (Lipinski definition) is 4. The molecule has 5 heteroatoms. The first kappa shape index (κ1) is 24.8. The van der Waals surface area contributed by atoms with Crippen LogP contribution in [-0.4, -0.2) is 38.8 Å². The van der Waals surface area contributed by atoms with Crippen LogP contribution in [0.4, 0.5) is 4.39 Å². The monoisotopic (exact) mass is 450 g/mol. The molecule has 1 unspecified atom stereocenters. The number of methoxy groups -OCH3 is 2. The van der Waals surface area contributed by atoms with Crippen molar-refractivity contribution in [3.63, 3.8) is 0 Å². The van der Waals surface area contributed by atoms with Crippen molar-refractivity contribution in [3.8, 4) is 17.6 Å².